The van der Waals surface area contributed by atoms with Crippen LogP contribution in [0.5, 0.6) is 0 Å². The molecule has 0 aliphatic rings. The molecule has 0 radical (unpaired) electrons. The number of hydrogen-bond donors (Lipinski definition) is 2. The Morgan fingerprint density at radius 2 is 1.86 bits per heavy atom. The Morgan fingerprint density at radius 3 is 1.93 bits per heavy atom. The van der Waals surface area contributed by atoms with Gasteiger partial charge >= 0.3 is 0 Å². The lowest BCUT2D eigenvalue weighted by Crippen LogP contribution is -2.36. The third-order valence-corrected chi connectivity index (χ3v) is 1.33. The van der Waals surface area contributed by atoms with E-state index in [4.69, 9.17) is 16.2 Å². The van der Waals surface area contributed by atoms with Crippen LogP contribution in [0.3, 0.4) is 0 Å². The van der Waals surface area contributed by atoms with E-state index in [2.05, 4.69) is 0 Å². The smallest absolute Gasteiger partial charge is 0.234 e. The number of rotatable bonds is 3. The van der Waals surface area contributed by atoms with Crippen LogP contribution >= 0.6 is 0 Å². The van der Waals surface area contributed by atoms with Gasteiger partial charge in [-0.1, -0.05) is 0 Å². The summed E-state index contributed by atoms with van der Waals surface area (Å²) < 4.78 is 4.94. The van der Waals surface area contributed by atoms with Crippen molar-refractivity contribution in [2.45, 2.75) is 38.8 Å². The van der Waals surface area contributed by atoms with Crippen molar-refractivity contribution in [2.75, 3.05) is 7.11 Å². The lowest BCUT2D eigenvalue weighted by atomic mass is 10.2. The van der Waals surface area contributed by atoms with Gasteiger partial charge in [0.05, 0.1) is 11.6 Å². The van der Waals surface area contributed by atoms with Gasteiger partial charge in [0.2, 0.25) is 5.91 Å². The molecule has 0 saturated carbocycles. The molecule has 5 heteroatoms. The number of nitrogens with two attached hydrogens (primary N) is 2. The van der Waals surface area contributed by atoms with Crippen LogP contribution in [0.2, 0.25) is 0 Å². The van der Waals surface area contributed by atoms with Crippen molar-refractivity contribution in [2.24, 2.45) is 11.5 Å². The molecule has 0 heterocycles. The first-order chi connectivity index (χ1) is 6.24. The first kappa shape index (κ1) is 15.5. The Kier molecular flexibility index (Phi) is 8.28. The highest BCUT2D eigenvalue weighted by atomic mass is 16.5. The third kappa shape index (κ3) is 13.6. The Morgan fingerprint density at radius 1 is 1.50 bits per heavy atom. The molecular weight excluding hydrogens is 184 g/mol. The van der Waals surface area contributed by atoms with Crippen LogP contribution in [0, 0.1) is 0 Å². The van der Waals surface area contributed by atoms with Crippen LogP contribution < -0.4 is 11.5 Å². The molecule has 0 saturated heterocycles. The quantitative estimate of drug-likeness (QED) is 0.623. The number of ether oxygens (including phenoxy) is 1. The van der Waals surface area contributed by atoms with Gasteiger partial charge in [0, 0.05) is 13.5 Å². The lowest BCUT2D eigenvalue weighted by molar-refractivity contribution is -0.121. The second kappa shape index (κ2) is 7.46. The van der Waals surface area contributed by atoms with Crippen LogP contribution in [-0.4, -0.2) is 30.9 Å². The minimum atomic E-state index is -0.813. The highest BCUT2D eigenvalue weighted by Crippen LogP contribution is 2.02. The van der Waals surface area contributed by atoms with Gasteiger partial charge in [0.15, 0.2) is 0 Å². The van der Waals surface area contributed by atoms with Gasteiger partial charge in [-0.25, -0.2) is 0 Å². The van der Waals surface area contributed by atoms with Crippen molar-refractivity contribution < 1.29 is 14.3 Å². The summed E-state index contributed by atoms with van der Waals surface area (Å²) in [7, 11) is 1.71. The minimum Gasteiger partial charge on any atom is -0.379 e. The van der Waals surface area contributed by atoms with E-state index in [1.807, 2.05) is 20.8 Å². The molecule has 0 aromatic heterocycles. The standard InChI is InChI=1S/C5H12O.C4H8N2O2/c1-5(2,3)6-4;5-3(1-2-7)4(6)8/h1-4H3;2-3H,1,5H2,(H2,6,8)/t;3-/m.0/s1. The summed E-state index contributed by atoms with van der Waals surface area (Å²) in [4.78, 5) is 19.7. The van der Waals surface area contributed by atoms with Crippen LogP contribution in [0.4, 0.5) is 0 Å². The topological polar surface area (TPSA) is 95.4 Å². The molecule has 0 spiro atoms. The molecule has 0 aromatic rings. The first-order valence-corrected chi connectivity index (χ1v) is 4.28. The fourth-order valence-corrected chi connectivity index (χ4v) is 0.220. The number of amides is 1. The van der Waals surface area contributed by atoms with E-state index in [1.165, 1.54) is 0 Å². The number of carbonyl (C=O) groups excluding carboxylic acids is 2. The zero-order valence-corrected chi connectivity index (χ0v) is 9.24. The summed E-state index contributed by atoms with van der Waals surface area (Å²) in [6.45, 7) is 6.06. The van der Waals surface area contributed by atoms with Gasteiger partial charge in [0.25, 0.3) is 0 Å². The molecule has 4 N–H and O–H groups in total. The van der Waals surface area contributed by atoms with Crippen LogP contribution in [0.25, 0.3) is 0 Å². The molecular formula is C9H20N2O3. The number of aldehydes is 1. The molecule has 84 valence electrons. The Hall–Kier alpha value is -0.940. The fraction of sp³-hybridized carbons (Fsp3) is 0.778. The van der Waals surface area contributed by atoms with Crippen molar-refractivity contribution >= 4 is 12.2 Å². The van der Waals surface area contributed by atoms with Gasteiger partial charge in [-0.2, -0.15) is 0 Å². The van der Waals surface area contributed by atoms with Crippen molar-refractivity contribution in [1.82, 2.24) is 0 Å². The molecule has 5 nitrogen and oxygen atoms in total. The predicted octanol–water partition coefficient (Wildman–Crippen LogP) is -0.181. The molecule has 0 aliphatic heterocycles. The predicted molar refractivity (Wildman–Crippen MR) is 54.6 cm³/mol. The normalized spacial score (nSPS) is 12.4. The molecule has 14 heavy (non-hydrogen) atoms. The van der Waals surface area contributed by atoms with E-state index < -0.39 is 11.9 Å². The number of hydrogen-bond acceptors (Lipinski definition) is 4. The van der Waals surface area contributed by atoms with Gasteiger partial charge in [-0.3, -0.25) is 4.79 Å². The van der Waals surface area contributed by atoms with E-state index in [1.54, 1.807) is 7.11 Å². The molecule has 1 atom stereocenters. The van der Waals surface area contributed by atoms with Gasteiger partial charge < -0.3 is 21.0 Å². The average molecular weight is 204 g/mol. The fourth-order valence-electron chi connectivity index (χ4n) is 0.220. The van der Waals surface area contributed by atoms with E-state index in [0.29, 0.717) is 6.29 Å². The molecule has 1 amide bonds. The van der Waals surface area contributed by atoms with Crippen molar-refractivity contribution in [3.8, 4) is 0 Å². The summed E-state index contributed by atoms with van der Waals surface area (Å²) >= 11 is 0. The zero-order valence-electron chi connectivity index (χ0n) is 9.24. The molecule has 0 aromatic carbocycles. The van der Waals surface area contributed by atoms with Gasteiger partial charge in [-0.05, 0) is 20.8 Å². The highest BCUT2D eigenvalue weighted by molar-refractivity contribution is 5.82. The van der Waals surface area contributed by atoms with Crippen LogP contribution in [0.1, 0.15) is 27.2 Å². The van der Waals surface area contributed by atoms with Crippen LogP contribution in [-0.2, 0) is 14.3 Å². The maximum absolute atomic E-state index is 10.0. The summed E-state index contributed by atoms with van der Waals surface area (Å²) in [5.74, 6) is -0.642. The second-order valence-electron chi connectivity index (χ2n) is 3.73. The Bertz CT molecular complexity index is 175. The summed E-state index contributed by atoms with van der Waals surface area (Å²) in [6, 6.07) is -0.813. The van der Waals surface area contributed by atoms with E-state index in [9.17, 15) is 9.59 Å². The average Bonchev–Trinajstić information content (AvgIpc) is 2.04. The van der Waals surface area contributed by atoms with Crippen molar-refractivity contribution in [3.63, 3.8) is 0 Å². The van der Waals surface area contributed by atoms with Crippen LogP contribution in [0.15, 0.2) is 0 Å². The maximum atomic E-state index is 10.0. The Labute approximate surface area is 84.8 Å². The number of carbonyl (C=O) groups is 2. The van der Waals surface area contributed by atoms with Gasteiger partial charge in [0.1, 0.15) is 6.29 Å². The molecule has 0 aliphatic carbocycles. The zero-order chi connectivity index (χ0) is 11.8. The SMILES string of the molecule is COC(C)(C)C.NC(=O)[C@@H](N)CC=O. The lowest BCUT2D eigenvalue weighted by Gasteiger charge is -2.14. The largest absolute Gasteiger partial charge is 0.379 e. The number of primary amides is 1. The summed E-state index contributed by atoms with van der Waals surface area (Å²) in [6.07, 6.45) is 0.574. The third-order valence-electron chi connectivity index (χ3n) is 1.33. The van der Waals surface area contributed by atoms with Gasteiger partial charge in [-0.15, -0.1) is 0 Å². The van der Waals surface area contributed by atoms with Crippen molar-refractivity contribution in [1.29, 1.82) is 0 Å². The summed E-state index contributed by atoms with van der Waals surface area (Å²) in [5.41, 5.74) is 9.76. The van der Waals surface area contributed by atoms with E-state index in [0.717, 1.165) is 0 Å². The highest BCUT2D eigenvalue weighted by Gasteiger charge is 2.05. The minimum absolute atomic E-state index is 0.00926. The molecule has 0 unspecified atom stereocenters. The van der Waals surface area contributed by atoms with E-state index >= 15 is 0 Å². The molecule has 0 fully saturated rings. The maximum Gasteiger partial charge on any atom is 0.234 e. The Balaban J connectivity index is 0. The van der Waals surface area contributed by atoms with E-state index in [-0.39, 0.29) is 12.0 Å². The van der Waals surface area contributed by atoms with Crippen molar-refractivity contribution in [3.05, 3.63) is 0 Å². The second-order valence-corrected chi connectivity index (χ2v) is 3.73. The monoisotopic (exact) mass is 204 g/mol. The molecule has 0 rings (SSSR count). The summed E-state index contributed by atoms with van der Waals surface area (Å²) in [5, 5.41) is 0. The molecule has 0 bridgehead atoms. The first-order valence-electron chi connectivity index (χ1n) is 4.28. The number of methoxy groups -OCH3 is 1.